The Balaban J connectivity index is 1.82. The fourth-order valence-corrected chi connectivity index (χ4v) is 3.44. The van der Waals surface area contributed by atoms with Crippen molar-refractivity contribution in [3.05, 3.63) is 81.1 Å². The van der Waals surface area contributed by atoms with Crippen LogP contribution >= 0.6 is 23.8 Å². The summed E-state index contributed by atoms with van der Waals surface area (Å²) in [5, 5.41) is 7.14. The SMILES string of the molecule is Fc1ccc([C@@]2(Cn3[nH]ncc3=S)O[C@H]2c2ccccc2Cl)c(F)c1. The molecule has 1 aliphatic rings. The van der Waals surface area contributed by atoms with Crippen molar-refractivity contribution in [3.63, 3.8) is 0 Å². The van der Waals surface area contributed by atoms with Crippen LogP contribution in [0.4, 0.5) is 8.78 Å². The molecule has 1 saturated heterocycles. The molecule has 1 aromatic heterocycles. The van der Waals surface area contributed by atoms with E-state index in [0.717, 1.165) is 11.6 Å². The number of hydrogen-bond acceptors (Lipinski definition) is 3. The first-order valence-corrected chi connectivity index (χ1v) is 8.28. The molecule has 0 unspecified atom stereocenters. The monoisotopic (exact) mass is 379 g/mol. The first kappa shape index (κ1) is 16.4. The molecule has 2 atom stereocenters. The molecule has 0 bridgehead atoms. The third-order valence-corrected chi connectivity index (χ3v) is 4.95. The smallest absolute Gasteiger partial charge is 0.147 e. The van der Waals surface area contributed by atoms with Crippen molar-refractivity contribution in [2.45, 2.75) is 18.2 Å². The quantitative estimate of drug-likeness (QED) is 0.534. The zero-order chi connectivity index (χ0) is 17.6. The largest absolute Gasteiger partial charge is 0.354 e. The standard InChI is InChI=1S/C17H12ClF2N3OS/c18-13-4-2-1-3-11(13)16-17(24-16,9-23-15(25)8-21-22-23)12-6-5-10(19)7-14(12)20/h1-8,16,22H,9H2/t16-,17+/m0/s1. The predicted octanol–water partition coefficient (Wildman–Crippen LogP) is 4.54. The van der Waals surface area contributed by atoms with E-state index in [-0.39, 0.29) is 12.1 Å². The highest BCUT2D eigenvalue weighted by molar-refractivity contribution is 7.71. The topological polar surface area (TPSA) is 46.1 Å². The summed E-state index contributed by atoms with van der Waals surface area (Å²) < 4.78 is 35.8. The molecule has 4 rings (SSSR count). The molecule has 1 aliphatic heterocycles. The van der Waals surface area contributed by atoms with E-state index in [4.69, 9.17) is 28.6 Å². The van der Waals surface area contributed by atoms with Crippen molar-refractivity contribution < 1.29 is 13.5 Å². The van der Waals surface area contributed by atoms with Gasteiger partial charge in [-0.05, 0) is 12.1 Å². The summed E-state index contributed by atoms with van der Waals surface area (Å²) in [4.78, 5) is 0. The van der Waals surface area contributed by atoms with E-state index < -0.39 is 23.3 Å². The van der Waals surface area contributed by atoms with E-state index in [2.05, 4.69) is 10.3 Å². The van der Waals surface area contributed by atoms with Crippen molar-refractivity contribution in [2.75, 3.05) is 0 Å². The maximum absolute atomic E-state index is 14.5. The summed E-state index contributed by atoms with van der Waals surface area (Å²) in [6.45, 7) is 0.199. The second-order valence-corrected chi connectivity index (χ2v) is 6.64. The van der Waals surface area contributed by atoms with Crippen molar-refractivity contribution in [2.24, 2.45) is 0 Å². The maximum atomic E-state index is 14.5. The molecule has 8 heteroatoms. The number of ether oxygens (including phenoxy) is 1. The second kappa shape index (κ2) is 6.01. The molecule has 4 nitrogen and oxygen atoms in total. The van der Waals surface area contributed by atoms with Crippen LogP contribution in [0.2, 0.25) is 5.02 Å². The van der Waals surface area contributed by atoms with Gasteiger partial charge >= 0.3 is 0 Å². The fraction of sp³-hybridized carbons (Fsp3) is 0.176. The van der Waals surface area contributed by atoms with Crippen LogP contribution in [0.15, 0.2) is 48.7 Å². The van der Waals surface area contributed by atoms with E-state index in [9.17, 15) is 8.78 Å². The van der Waals surface area contributed by atoms with E-state index >= 15 is 0 Å². The van der Waals surface area contributed by atoms with Crippen molar-refractivity contribution in [1.82, 2.24) is 15.0 Å². The van der Waals surface area contributed by atoms with E-state index in [1.165, 1.54) is 18.3 Å². The number of nitrogens with zero attached hydrogens (tertiary/aromatic N) is 2. The Morgan fingerprint density at radius 1 is 1.28 bits per heavy atom. The molecular weight excluding hydrogens is 368 g/mol. The molecule has 128 valence electrons. The summed E-state index contributed by atoms with van der Waals surface area (Å²) in [6, 6.07) is 10.6. The molecule has 0 aliphatic carbocycles. The van der Waals surface area contributed by atoms with E-state index in [0.29, 0.717) is 9.66 Å². The Hall–Kier alpha value is -2.09. The lowest BCUT2D eigenvalue weighted by Crippen LogP contribution is -2.21. The van der Waals surface area contributed by atoms with Gasteiger partial charge in [-0.1, -0.05) is 48.1 Å². The molecule has 3 aromatic rings. The zero-order valence-corrected chi connectivity index (χ0v) is 14.3. The molecule has 25 heavy (non-hydrogen) atoms. The average Bonchev–Trinajstić information content (AvgIpc) is 3.14. The van der Waals surface area contributed by atoms with Crippen LogP contribution in [0.5, 0.6) is 0 Å². The minimum atomic E-state index is -1.05. The van der Waals surface area contributed by atoms with Gasteiger partial charge in [0.2, 0.25) is 0 Å². The van der Waals surface area contributed by atoms with Gasteiger partial charge in [0.1, 0.15) is 28.0 Å². The average molecular weight is 380 g/mol. The molecule has 0 saturated carbocycles. The minimum Gasteiger partial charge on any atom is -0.354 e. The van der Waals surface area contributed by atoms with Gasteiger partial charge in [0, 0.05) is 22.2 Å². The van der Waals surface area contributed by atoms with Crippen LogP contribution in [-0.2, 0) is 16.9 Å². The molecule has 0 amide bonds. The third kappa shape index (κ3) is 2.78. The molecule has 0 spiro atoms. The van der Waals surface area contributed by atoms with Crippen molar-refractivity contribution >= 4 is 23.8 Å². The molecule has 1 fully saturated rings. The molecule has 1 N–H and O–H groups in total. The van der Waals surface area contributed by atoms with Crippen LogP contribution in [0.1, 0.15) is 17.2 Å². The number of rotatable bonds is 4. The first-order chi connectivity index (χ1) is 12.0. The van der Waals surface area contributed by atoms with Crippen LogP contribution in [-0.4, -0.2) is 15.0 Å². The summed E-state index contributed by atoms with van der Waals surface area (Å²) >= 11 is 11.5. The van der Waals surface area contributed by atoms with Crippen LogP contribution in [0, 0.1) is 16.3 Å². The summed E-state index contributed by atoms with van der Waals surface area (Å²) in [5.74, 6) is -1.33. The maximum Gasteiger partial charge on any atom is 0.147 e. The van der Waals surface area contributed by atoms with Gasteiger partial charge in [-0.2, -0.15) is 5.10 Å². The van der Waals surface area contributed by atoms with Gasteiger partial charge in [-0.15, -0.1) is 0 Å². The second-order valence-electron chi connectivity index (χ2n) is 5.82. The number of nitrogens with one attached hydrogen (secondary N) is 1. The van der Waals surface area contributed by atoms with Gasteiger partial charge in [0.05, 0.1) is 12.7 Å². The Kier molecular flexibility index (Phi) is 3.94. The lowest BCUT2D eigenvalue weighted by molar-refractivity contribution is 0.254. The Morgan fingerprint density at radius 2 is 2.08 bits per heavy atom. The summed E-state index contributed by atoms with van der Waals surface area (Å²) in [7, 11) is 0. The molecule has 2 aromatic carbocycles. The van der Waals surface area contributed by atoms with Crippen LogP contribution < -0.4 is 0 Å². The van der Waals surface area contributed by atoms with Gasteiger partial charge < -0.3 is 4.74 Å². The van der Waals surface area contributed by atoms with Crippen LogP contribution in [0.3, 0.4) is 0 Å². The van der Waals surface area contributed by atoms with Gasteiger partial charge in [-0.25, -0.2) is 14.0 Å². The van der Waals surface area contributed by atoms with Gasteiger partial charge in [0.25, 0.3) is 0 Å². The normalized spacial score (nSPS) is 22.1. The highest BCUT2D eigenvalue weighted by atomic mass is 35.5. The Bertz CT molecular complexity index is 1010. The Morgan fingerprint density at radius 3 is 2.76 bits per heavy atom. The molecular formula is C17H12ClF2N3OS. The molecule has 2 heterocycles. The number of H-pyrrole nitrogens is 1. The highest BCUT2D eigenvalue weighted by Crippen LogP contribution is 2.59. The summed E-state index contributed by atoms with van der Waals surface area (Å²) in [6.07, 6.45) is 1.00. The number of halogens is 3. The lowest BCUT2D eigenvalue weighted by atomic mass is 9.91. The van der Waals surface area contributed by atoms with Crippen molar-refractivity contribution in [1.29, 1.82) is 0 Å². The first-order valence-electron chi connectivity index (χ1n) is 7.49. The van der Waals surface area contributed by atoms with E-state index in [1.807, 2.05) is 12.1 Å². The third-order valence-electron chi connectivity index (χ3n) is 4.28. The fourth-order valence-electron chi connectivity index (χ4n) is 3.04. The number of epoxide rings is 1. The summed E-state index contributed by atoms with van der Waals surface area (Å²) in [5.41, 5.74) is -0.0673. The number of hydrogen-bond donors (Lipinski definition) is 1. The number of benzene rings is 2. The number of aromatic amines is 1. The lowest BCUT2D eigenvalue weighted by Gasteiger charge is -2.15. The number of aromatic nitrogens is 3. The zero-order valence-electron chi connectivity index (χ0n) is 12.7. The van der Waals surface area contributed by atoms with Crippen molar-refractivity contribution in [3.8, 4) is 0 Å². The van der Waals surface area contributed by atoms with Gasteiger partial charge in [0.15, 0.2) is 0 Å². The minimum absolute atomic E-state index is 0.199. The highest BCUT2D eigenvalue weighted by Gasteiger charge is 2.60. The Labute approximate surface area is 152 Å². The van der Waals surface area contributed by atoms with Gasteiger partial charge in [-0.3, -0.25) is 4.68 Å². The molecule has 0 radical (unpaired) electrons. The predicted molar refractivity (Wildman–Crippen MR) is 90.7 cm³/mol. The van der Waals surface area contributed by atoms with Crippen LogP contribution in [0.25, 0.3) is 0 Å². The van der Waals surface area contributed by atoms with E-state index in [1.54, 1.807) is 16.8 Å².